The Morgan fingerprint density at radius 3 is 2.31 bits per heavy atom. The molecule has 3 rings (SSSR count). The van der Waals surface area contributed by atoms with E-state index in [0.717, 1.165) is 11.1 Å². The molecule has 0 saturated carbocycles. The summed E-state index contributed by atoms with van der Waals surface area (Å²) in [5.74, 6) is -0.122. The molecule has 6 nitrogen and oxygen atoms in total. The van der Waals surface area contributed by atoms with E-state index >= 15 is 0 Å². The zero-order valence-electron chi connectivity index (χ0n) is 14.1. The number of furan rings is 1. The van der Waals surface area contributed by atoms with Crippen LogP contribution in [0.1, 0.15) is 21.7 Å². The van der Waals surface area contributed by atoms with Gasteiger partial charge in [-0.2, -0.15) is 0 Å². The van der Waals surface area contributed by atoms with Crippen molar-refractivity contribution in [1.82, 2.24) is 4.72 Å². The van der Waals surface area contributed by atoms with E-state index in [9.17, 15) is 13.2 Å². The molecule has 26 heavy (non-hydrogen) atoms. The summed E-state index contributed by atoms with van der Waals surface area (Å²) >= 11 is 0. The summed E-state index contributed by atoms with van der Waals surface area (Å²) in [6.07, 6.45) is 1.43. The van der Waals surface area contributed by atoms with Crippen molar-refractivity contribution in [2.24, 2.45) is 0 Å². The lowest BCUT2D eigenvalue weighted by atomic mass is 10.2. The van der Waals surface area contributed by atoms with Crippen molar-refractivity contribution in [3.8, 4) is 0 Å². The fourth-order valence-corrected chi connectivity index (χ4v) is 3.30. The minimum atomic E-state index is -3.57. The van der Waals surface area contributed by atoms with Crippen LogP contribution in [0.4, 0.5) is 5.69 Å². The lowest BCUT2D eigenvalue weighted by molar-refractivity contribution is 0.0996. The lowest BCUT2D eigenvalue weighted by Crippen LogP contribution is -2.23. The van der Waals surface area contributed by atoms with Crippen molar-refractivity contribution in [3.63, 3.8) is 0 Å². The van der Waals surface area contributed by atoms with Gasteiger partial charge in [-0.3, -0.25) is 4.79 Å². The van der Waals surface area contributed by atoms with Gasteiger partial charge >= 0.3 is 0 Å². The van der Waals surface area contributed by atoms with E-state index in [-0.39, 0.29) is 23.1 Å². The number of carbonyl (C=O) groups is 1. The van der Waals surface area contributed by atoms with Gasteiger partial charge in [-0.1, -0.05) is 29.8 Å². The molecule has 2 N–H and O–H groups in total. The number of carbonyl (C=O) groups excluding carboxylic acids is 1. The molecule has 0 saturated heterocycles. The molecule has 2 aromatic carbocycles. The van der Waals surface area contributed by atoms with E-state index in [4.69, 9.17) is 4.42 Å². The SMILES string of the molecule is Cc1ccc(S(=O)(=O)NCc2ccc(NC(=O)c3ccco3)cc2)cc1. The van der Waals surface area contributed by atoms with Crippen LogP contribution in [0.5, 0.6) is 0 Å². The van der Waals surface area contributed by atoms with Crippen LogP contribution in [0.2, 0.25) is 0 Å². The van der Waals surface area contributed by atoms with Crippen molar-refractivity contribution in [2.75, 3.05) is 5.32 Å². The number of sulfonamides is 1. The maximum Gasteiger partial charge on any atom is 0.291 e. The van der Waals surface area contributed by atoms with Crippen LogP contribution in [0.25, 0.3) is 0 Å². The van der Waals surface area contributed by atoms with E-state index < -0.39 is 10.0 Å². The minimum Gasteiger partial charge on any atom is -0.459 e. The molecule has 7 heteroatoms. The number of amides is 1. The fourth-order valence-electron chi connectivity index (χ4n) is 2.29. The maximum atomic E-state index is 12.3. The van der Waals surface area contributed by atoms with Gasteiger partial charge in [0.15, 0.2) is 5.76 Å². The zero-order chi connectivity index (χ0) is 18.6. The molecule has 1 amide bonds. The molecule has 0 bridgehead atoms. The summed E-state index contributed by atoms with van der Waals surface area (Å²) in [4.78, 5) is 12.1. The number of nitrogens with one attached hydrogen (secondary N) is 2. The Morgan fingerprint density at radius 2 is 1.69 bits per heavy atom. The van der Waals surface area contributed by atoms with Gasteiger partial charge in [-0.05, 0) is 48.9 Å². The molecule has 0 unspecified atom stereocenters. The van der Waals surface area contributed by atoms with Crippen molar-refractivity contribution in [2.45, 2.75) is 18.4 Å². The van der Waals surface area contributed by atoms with E-state index in [1.807, 2.05) is 6.92 Å². The molecule has 0 aliphatic carbocycles. The molecular weight excluding hydrogens is 352 g/mol. The molecule has 1 aromatic heterocycles. The molecule has 0 atom stereocenters. The molecular formula is C19H18N2O4S. The Balaban J connectivity index is 1.60. The van der Waals surface area contributed by atoms with E-state index in [1.165, 1.54) is 6.26 Å². The average molecular weight is 370 g/mol. The Labute approximate surface area is 151 Å². The summed E-state index contributed by atoms with van der Waals surface area (Å²) in [5.41, 5.74) is 2.37. The summed E-state index contributed by atoms with van der Waals surface area (Å²) in [6, 6.07) is 16.8. The molecule has 0 spiro atoms. The number of aryl methyl sites for hydroxylation is 1. The average Bonchev–Trinajstić information content (AvgIpc) is 3.16. The van der Waals surface area contributed by atoms with E-state index in [2.05, 4.69) is 10.0 Å². The van der Waals surface area contributed by atoms with Gasteiger partial charge < -0.3 is 9.73 Å². The first kappa shape index (κ1) is 17.9. The van der Waals surface area contributed by atoms with Crippen LogP contribution in [0.3, 0.4) is 0 Å². The summed E-state index contributed by atoms with van der Waals surface area (Å²) in [5, 5.41) is 2.70. The number of hydrogen-bond acceptors (Lipinski definition) is 4. The third-order valence-electron chi connectivity index (χ3n) is 3.75. The van der Waals surface area contributed by atoms with Crippen LogP contribution in [-0.4, -0.2) is 14.3 Å². The molecule has 3 aromatic rings. The molecule has 0 radical (unpaired) electrons. The number of rotatable bonds is 6. The van der Waals surface area contributed by atoms with Gasteiger partial charge in [0.05, 0.1) is 11.2 Å². The van der Waals surface area contributed by atoms with Crippen molar-refractivity contribution in [1.29, 1.82) is 0 Å². The Morgan fingerprint density at radius 1 is 1.00 bits per heavy atom. The first-order valence-corrected chi connectivity index (χ1v) is 9.42. The second-order valence-electron chi connectivity index (χ2n) is 5.77. The van der Waals surface area contributed by atoms with Gasteiger partial charge in [0, 0.05) is 12.2 Å². The first-order chi connectivity index (χ1) is 12.4. The van der Waals surface area contributed by atoms with Crippen molar-refractivity contribution in [3.05, 3.63) is 83.8 Å². The third kappa shape index (κ3) is 4.38. The number of anilines is 1. The van der Waals surface area contributed by atoms with E-state index in [0.29, 0.717) is 5.69 Å². The molecule has 134 valence electrons. The number of benzene rings is 2. The summed E-state index contributed by atoms with van der Waals surface area (Å²) in [7, 11) is -3.57. The van der Waals surface area contributed by atoms with E-state index in [1.54, 1.807) is 60.7 Å². The second-order valence-corrected chi connectivity index (χ2v) is 7.53. The Bertz CT molecular complexity index is 977. The zero-order valence-corrected chi connectivity index (χ0v) is 14.9. The Kier molecular flexibility index (Phi) is 5.20. The lowest BCUT2D eigenvalue weighted by Gasteiger charge is -2.08. The van der Waals surface area contributed by atoms with Crippen LogP contribution < -0.4 is 10.0 Å². The monoisotopic (exact) mass is 370 g/mol. The van der Waals surface area contributed by atoms with Gasteiger partial charge in [0.2, 0.25) is 10.0 Å². The molecule has 0 aliphatic rings. The molecule has 0 fully saturated rings. The van der Waals surface area contributed by atoms with Gasteiger partial charge in [-0.25, -0.2) is 13.1 Å². The summed E-state index contributed by atoms with van der Waals surface area (Å²) in [6.45, 7) is 2.05. The highest BCUT2D eigenvalue weighted by Crippen LogP contribution is 2.14. The maximum absolute atomic E-state index is 12.3. The van der Waals surface area contributed by atoms with Gasteiger partial charge in [0.25, 0.3) is 5.91 Å². The summed E-state index contributed by atoms with van der Waals surface area (Å²) < 4.78 is 32.2. The predicted molar refractivity (Wildman–Crippen MR) is 98.3 cm³/mol. The Hall–Kier alpha value is -2.90. The standard InChI is InChI=1S/C19H18N2O4S/c1-14-4-10-17(11-5-14)26(23,24)20-13-15-6-8-16(9-7-15)21-19(22)18-3-2-12-25-18/h2-12,20H,13H2,1H3,(H,21,22). The van der Waals surface area contributed by atoms with Crippen LogP contribution >= 0.6 is 0 Å². The highest BCUT2D eigenvalue weighted by atomic mass is 32.2. The smallest absolute Gasteiger partial charge is 0.291 e. The van der Waals surface area contributed by atoms with Crippen LogP contribution in [0, 0.1) is 6.92 Å². The third-order valence-corrected chi connectivity index (χ3v) is 5.17. The van der Waals surface area contributed by atoms with Crippen molar-refractivity contribution >= 4 is 21.6 Å². The first-order valence-electron chi connectivity index (χ1n) is 7.94. The number of hydrogen-bond donors (Lipinski definition) is 2. The highest BCUT2D eigenvalue weighted by Gasteiger charge is 2.13. The highest BCUT2D eigenvalue weighted by molar-refractivity contribution is 7.89. The van der Waals surface area contributed by atoms with Crippen LogP contribution in [-0.2, 0) is 16.6 Å². The van der Waals surface area contributed by atoms with Gasteiger partial charge in [-0.15, -0.1) is 0 Å². The minimum absolute atomic E-state index is 0.155. The quantitative estimate of drug-likeness (QED) is 0.697. The van der Waals surface area contributed by atoms with Gasteiger partial charge in [0.1, 0.15) is 0 Å². The molecule has 1 heterocycles. The fraction of sp³-hybridized carbons (Fsp3) is 0.105. The topological polar surface area (TPSA) is 88.4 Å². The van der Waals surface area contributed by atoms with Crippen LogP contribution in [0.15, 0.2) is 76.2 Å². The van der Waals surface area contributed by atoms with Crippen molar-refractivity contribution < 1.29 is 17.6 Å². The molecule has 0 aliphatic heterocycles. The normalized spacial score (nSPS) is 11.3. The second kappa shape index (κ2) is 7.55. The largest absolute Gasteiger partial charge is 0.459 e. The predicted octanol–water partition coefficient (Wildman–Crippen LogP) is 3.32.